The Morgan fingerprint density at radius 3 is 2.58 bits per heavy atom. The fourth-order valence-electron chi connectivity index (χ4n) is 4.88. The summed E-state index contributed by atoms with van der Waals surface area (Å²) in [6.07, 6.45) is 5.30. The summed E-state index contributed by atoms with van der Waals surface area (Å²) in [6.45, 7) is 0. The second-order valence-corrected chi connectivity index (χ2v) is 7.47. The van der Waals surface area contributed by atoms with Gasteiger partial charge in [-0.25, -0.2) is 4.79 Å². The van der Waals surface area contributed by atoms with Crippen LogP contribution in [0.2, 0.25) is 0 Å². The van der Waals surface area contributed by atoms with Crippen molar-refractivity contribution in [2.24, 2.45) is 0 Å². The lowest BCUT2D eigenvalue weighted by molar-refractivity contribution is 0.0697. The lowest BCUT2D eigenvalue weighted by atomic mass is 9.81. The van der Waals surface area contributed by atoms with Gasteiger partial charge in [-0.1, -0.05) is 49.6 Å². The fourth-order valence-corrected chi connectivity index (χ4v) is 4.88. The van der Waals surface area contributed by atoms with Crippen LogP contribution >= 0.6 is 0 Å². The molecular weight excluding hydrogens is 326 g/mol. The molecule has 1 aliphatic carbocycles. The molecular formula is C22H21NO3. The molecule has 4 nitrogen and oxygen atoms in total. The maximum Gasteiger partial charge on any atom is 0.335 e. The zero-order chi connectivity index (χ0) is 17.8. The molecule has 2 aromatic carbocycles. The summed E-state index contributed by atoms with van der Waals surface area (Å²) in [5.74, 6) is -0.469. The van der Waals surface area contributed by atoms with Crippen molar-refractivity contribution in [1.82, 2.24) is 4.57 Å². The average Bonchev–Trinajstić information content (AvgIpc) is 3.16. The summed E-state index contributed by atoms with van der Waals surface area (Å²) in [5, 5.41) is 21.5. The van der Waals surface area contributed by atoms with Crippen LogP contribution < -0.4 is 0 Å². The van der Waals surface area contributed by atoms with Crippen LogP contribution in [0.1, 0.15) is 65.7 Å². The quantitative estimate of drug-likeness (QED) is 0.692. The number of nitrogens with zero attached hydrogens (tertiary/aromatic N) is 1. The molecule has 0 spiro atoms. The summed E-state index contributed by atoms with van der Waals surface area (Å²) in [7, 11) is 0. The van der Waals surface area contributed by atoms with Crippen LogP contribution in [-0.2, 0) is 0 Å². The number of rotatable bonds is 2. The maximum absolute atomic E-state index is 11.5. The Balaban J connectivity index is 1.85. The van der Waals surface area contributed by atoms with E-state index in [9.17, 15) is 15.0 Å². The van der Waals surface area contributed by atoms with Crippen LogP contribution in [0.4, 0.5) is 0 Å². The number of fused-ring (bicyclic) bond motifs is 5. The molecule has 2 aliphatic rings. The second kappa shape index (κ2) is 5.71. The molecule has 1 fully saturated rings. The first-order valence-electron chi connectivity index (χ1n) is 9.35. The van der Waals surface area contributed by atoms with E-state index in [4.69, 9.17) is 0 Å². The normalized spacial score (nSPS) is 19.5. The van der Waals surface area contributed by atoms with Crippen molar-refractivity contribution in [3.05, 3.63) is 59.2 Å². The third-order valence-corrected chi connectivity index (χ3v) is 6.04. The molecule has 3 aromatic rings. The minimum Gasteiger partial charge on any atom is -0.478 e. The van der Waals surface area contributed by atoms with Gasteiger partial charge in [0.1, 0.15) is 0 Å². The van der Waals surface area contributed by atoms with Gasteiger partial charge in [-0.3, -0.25) is 0 Å². The molecule has 1 saturated carbocycles. The molecule has 26 heavy (non-hydrogen) atoms. The average molecular weight is 347 g/mol. The van der Waals surface area contributed by atoms with Gasteiger partial charge in [-0.2, -0.15) is 0 Å². The van der Waals surface area contributed by atoms with Gasteiger partial charge in [-0.05, 0) is 36.5 Å². The number of aromatic nitrogens is 1. The number of aliphatic hydroxyl groups is 1. The summed E-state index contributed by atoms with van der Waals surface area (Å²) >= 11 is 0. The van der Waals surface area contributed by atoms with E-state index < -0.39 is 12.2 Å². The maximum atomic E-state index is 11.5. The number of carboxylic acid groups (broad SMARTS) is 1. The van der Waals surface area contributed by atoms with Crippen LogP contribution in [0.15, 0.2) is 42.5 Å². The van der Waals surface area contributed by atoms with E-state index in [-0.39, 0.29) is 5.56 Å². The third-order valence-electron chi connectivity index (χ3n) is 6.04. The van der Waals surface area contributed by atoms with Crippen LogP contribution in [0.25, 0.3) is 22.2 Å². The molecule has 0 saturated heterocycles. The predicted molar refractivity (Wildman–Crippen MR) is 101 cm³/mol. The summed E-state index contributed by atoms with van der Waals surface area (Å²) < 4.78 is 1.94. The smallest absolute Gasteiger partial charge is 0.335 e. The Morgan fingerprint density at radius 1 is 1.04 bits per heavy atom. The minimum atomic E-state index is -0.938. The Kier molecular flexibility index (Phi) is 3.44. The second-order valence-electron chi connectivity index (χ2n) is 7.47. The lowest BCUT2D eigenvalue weighted by Gasteiger charge is -2.23. The zero-order valence-electron chi connectivity index (χ0n) is 14.5. The van der Waals surface area contributed by atoms with Crippen molar-refractivity contribution in [2.45, 2.75) is 44.2 Å². The predicted octanol–water partition coefficient (Wildman–Crippen LogP) is 4.91. The van der Waals surface area contributed by atoms with Crippen molar-refractivity contribution in [1.29, 1.82) is 0 Å². The number of hydrogen-bond acceptors (Lipinski definition) is 2. The Labute approximate surface area is 151 Å². The van der Waals surface area contributed by atoms with Crippen molar-refractivity contribution < 1.29 is 15.0 Å². The van der Waals surface area contributed by atoms with Crippen LogP contribution in [-0.4, -0.2) is 20.7 Å². The van der Waals surface area contributed by atoms with Crippen molar-refractivity contribution in [3.8, 4) is 11.3 Å². The van der Waals surface area contributed by atoms with Gasteiger partial charge >= 0.3 is 5.97 Å². The van der Waals surface area contributed by atoms with Gasteiger partial charge in [0.15, 0.2) is 6.23 Å². The van der Waals surface area contributed by atoms with E-state index in [2.05, 4.69) is 6.07 Å². The number of carbonyl (C=O) groups is 1. The van der Waals surface area contributed by atoms with E-state index in [0.29, 0.717) is 5.92 Å². The van der Waals surface area contributed by atoms with Gasteiger partial charge in [-0.15, -0.1) is 0 Å². The van der Waals surface area contributed by atoms with Gasteiger partial charge in [0.05, 0.1) is 16.8 Å². The first-order chi connectivity index (χ1) is 12.7. The summed E-state index contributed by atoms with van der Waals surface area (Å²) in [6, 6.07) is 13.3. The topological polar surface area (TPSA) is 62.5 Å². The minimum absolute atomic E-state index is 0.260. The van der Waals surface area contributed by atoms with Crippen LogP contribution in [0.3, 0.4) is 0 Å². The van der Waals surface area contributed by atoms with Gasteiger partial charge < -0.3 is 14.8 Å². The highest BCUT2D eigenvalue weighted by atomic mass is 16.4. The molecule has 1 unspecified atom stereocenters. The number of aromatic carboxylic acids is 1. The Hall–Kier alpha value is -2.59. The van der Waals surface area contributed by atoms with E-state index in [0.717, 1.165) is 40.6 Å². The largest absolute Gasteiger partial charge is 0.478 e. The van der Waals surface area contributed by atoms with E-state index in [1.165, 1.54) is 24.8 Å². The van der Waals surface area contributed by atoms with Gasteiger partial charge in [0, 0.05) is 16.5 Å². The number of hydrogen-bond donors (Lipinski definition) is 2. The molecule has 5 rings (SSSR count). The number of aliphatic hydroxyl groups excluding tert-OH is 1. The standard InChI is InChI=1S/C22H21NO3/c24-21-16-9-5-4-8-15(16)20-19(13-6-2-1-3-7-13)17-11-10-14(22(25)26)12-18(17)23(20)21/h4-5,8-13,21,24H,1-3,6-7H2,(H,25,26). The first-order valence-corrected chi connectivity index (χ1v) is 9.35. The molecule has 2 N–H and O–H groups in total. The Bertz CT molecular complexity index is 1030. The Morgan fingerprint density at radius 2 is 1.81 bits per heavy atom. The fraction of sp³-hybridized carbons (Fsp3) is 0.318. The molecule has 0 amide bonds. The highest BCUT2D eigenvalue weighted by Gasteiger charge is 2.35. The lowest BCUT2D eigenvalue weighted by Crippen LogP contribution is -2.06. The number of benzene rings is 2. The summed E-state index contributed by atoms with van der Waals surface area (Å²) in [5.41, 5.74) is 5.44. The third kappa shape index (κ3) is 2.08. The molecule has 132 valence electrons. The molecule has 1 aromatic heterocycles. The molecule has 1 aliphatic heterocycles. The van der Waals surface area contributed by atoms with Gasteiger partial charge in [0.2, 0.25) is 0 Å². The molecule has 4 heteroatoms. The molecule has 0 radical (unpaired) electrons. The molecule has 1 atom stereocenters. The number of carboxylic acids is 1. The van der Waals surface area contributed by atoms with Crippen molar-refractivity contribution in [2.75, 3.05) is 0 Å². The van der Waals surface area contributed by atoms with Gasteiger partial charge in [0.25, 0.3) is 0 Å². The zero-order valence-corrected chi connectivity index (χ0v) is 14.5. The van der Waals surface area contributed by atoms with E-state index in [1.807, 2.05) is 28.8 Å². The highest BCUT2D eigenvalue weighted by Crippen LogP contribution is 2.50. The SMILES string of the molecule is O=C(O)c1ccc2c(C3CCCCC3)c3n(c2c1)C(O)c1ccccc1-3. The van der Waals surface area contributed by atoms with Crippen molar-refractivity contribution in [3.63, 3.8) is 0 Å². The first kappa shape index (κ1) is 15.6. The van der Waals surface area contributed by atoms with E-state index >= 15 is 0 Å². The van der Waals surface area contributed by atoms with E-state index in [1.54, 1.807) is 12.1 Å². The molecule has 2 heterocycles. The van der Waals surface area contributed by atoms with Crippen LogP contribution in [0, 0.1) is 0 Å². The van der Waals surface area contributed by atoms with Crippen LogP contribution in [0.5, 0.6) is 0 Å². The van der Waals surface area contributed by atoms with Crippen molar-refractivity contribution >= 4 is 16.9 Å². The monoisotopic (exact) mass is 347 g/mol. The summed E-state index contributed by atoms with van der Waals surface area (Å²) in [4.78, 5) is 11.5. The molecule has 0 bridgehead atoms. The highest BCUT2D eigenvalue weighted by molar-refractivity contribution is 5.99.